The van der Waals surface area contributed by atoms with E-state index in [0.717, 1.165) is 10.0 Å². The Balaban J connectivity index is 2.97. The molecule has 2 atom stereocenters. The van der Waals surface area contributed by atoms with E-state index in [1.54, 1.807) is 6.92 Å². The number of benzene rings is 1. The molecule has 0 saturated carbocycles. The van der Waals surface area contributed by atoms with E-state index in [9.17, 15) is 5.11 Å². The SMILES string of the molecule is Cc1ccc([C@H](N)C(C)O)cc1Br. The van der Waals surface area contributed by atoms with E-state index in [1.807, 2.05) is 25.1 Å². The van der Waals surface area contributed by atoms with Crippen molar-refractivity contribution < 1.29 is 5.11 Å². The van der Waals surface area contributed by atoms with Crippen molar-refractivity contribution in [3.05, 3.63) is 33.8 Å². The van der Waals surface area contributed by atoms with Crippen molar-refractivity contribution in [2.75, 3.05) is 0 Å². The Morgan fingerprint density at radius 3 is 2.54 bits per heavy atom. The van der Waals surface area contributed by atoms with Crippen LogP contribution in [-0.4, -0.2) is 11.2 Å². The molecule has 3 heteroatoms. The summed E-state index contributed by atoms with van der Waals surface area (Å²) in [5.41, 5.74) is 7.91. The Morgan fingerprint density at radius 2 is 2.08 bits per heavy atom. The van der Waals surface area contributed by atoms with Crippen molar-refractivity contribution in [3.63, 3.8) is 0 Å². The summed E-state index contributed by atoms with van der Waals surface area (Å²) in [6.07, 6.45) is -0.519. The molecule has 0 saturated heterocycles. The van der Waals surface area contributed by atoms with Crippen LogP contribution in [0.5, 0.6) is 0 Å². The number of aliphatic hydroxyl groups excluding tert-OH is 1. The van der Waals surface area contributed by atoms with Crippen molar-refractivity contribution >= 4 is 15.9 Å². The average Bonchev–Trinajstić information content (AvgIpc) is 2.08. The van der Waals surface area contributed by atoms with Crippen LogP contribution < -0.4 is 5.73 Å². The van der Waals surface area contributed by atoms with Crippen LogP contribution >= 0.6 is 15.9 Å². The van der Waals surface area contributed by atoms with E-state index in [2.05, 4.69) is 15.9 Å². The van der Waals surface area contributed by atoms with Gasteiger partial charge in [-0.2, -0.15) is 0 Å². The second-order valence-electron chi connectivity index (χ2n) is 3.28. The van der Waals surface area contributed by atoms with Gasteiger partial charge in [-0.05, 0) is 31.0 Å². The predicted octanol–water partition coefficient (Wildman–Crippen LogP) is 2.14. The number of halogens is 1. The molecule has 0 aliphatic carbocycles. The van der Waals surface area contributed by atoms with E-state index in [-0.39, 0.29) is 6.04 Å². The van der Waals surface area contributed by atoms with Gasteiger partial charge >= 0.3 is 0 Å². The lowest BCUT2D eigenvalue weighted by molar-refractivity contribution is 0.164. The Bertz CT molecular complexity index is 299. The van der Waals surface area contributed by atoms with Gasteiger partial charge in [0.05, 0.1) is 12.1 Å². The van der Waals surface area contributed by atoms with Crippen LogP contribution in [0.15, 0.2) is 22.7 Å². The van der Waals surface area contributed by atoms with Gasteiger partial charge in [-0.25, -0.2) is 0 Å². The van der Waals surface area contributed by atoms with Crippen molar-refractivity contribution in [3.8, 4) is 0 Å². The second-order valence-corrected chi connectivity index (χ2v) is 4.13. The largest absolute Gasteiger partial charge is 0.391 e. The first-order valence-corrected chi connectivity index (χ1v) is 5.01. The monoisotopic (exact) mass is 243 g/mol. The number of hydrogen-bond acceptors (Lipinski definition) is 2. The van der Waals surface area contributed by atoms with E-state index in [4.69, 9.17) is 5.73 Å². The second kappa shape index (κ2) is 4.22. The van der Waals surface area contributed by atoms with Crippen LogP contribution in [0.4, 0.5) is 0 Å². The van der Waals surface area contributed by atoms with Crippen molar-refractivity contribution in [1.82, 2.24) is 0 Å². The molecular formula is C10H14BrNO. The summed E-state index contributed by atoms with van der Waals surface area (Å²) in [7, 11) is 0. The molecule has 0 amide bonds. The van der Waals surface area contributed by atoms with E-state index in [0.29, 0.717) is 0 Å². The summed E-state index contributed by atoms with van der Waals surface area (Å²) in [6.45, 7) is 3.71. The summed E-state index contributed by atoms with van der Waals surface area (Å²) >= 11 is 3.43. The lowest BCUT2D eigenvalue weighted by Crippen LogP contribution is -2.23. The standard InChI is InChI=1S/C10H14BrNO/c1-6-3-4-8(5-9(6)11)10(12)7(2)13/h3-5,7,10,13H,12H2,1-2H3/t7?,10-/m1/s1. The zero-order chi connectivity index (χ0) is 10.0. The highest BCUT2D eigenvalue weighted by Gasteiger charge is 2.12. The van der Waals surface area contributed by atoms with Gasteiger partial charge in [-0.15, -0.1) is 0 Å². The summed E-state index contributed by atoms with van der Waals surface area (Å²) in [4.78, 5) is 0. The van der Waals surface area contributed by atoms with Crippen LogP contribution in [0.1, 0.15) is 24.1 Å². The summed E-state index contributed by atoms with van der Waals surface area (Å²) in [5, 5.41) is 9.29. The maximum absolute atomic E-state index is 9.29. The van der Waals surface area contributed by atoms with E-state index < -0.39 is 6.10 Å². The molecule has 3 N–H and O–H groups in total. The molecule has 2 nitrogen and oxygen atoms in total. The number of aryl methyl sites for hydroxylation is 1. The molecule has 0 aromatic heterocycles. The smallest absolute Gasteiger partial charge is 0.0704 e. The van der Waals surface area contributed by atoms with Gasteiger partial charge in [0.1, 0.15) is 0 Å². The molecule has 1 aromatic carbocycles. The summed E-state index contributed by atoms with van der Waals surface area (Å²) < 4.78 is 1.03. The third kappa shape index (κ3) is 2.53. The highest BCUT2D eigenvalue weighted by Crippen LogP contribution is 2.22. The first-order valence-electron chi connectivity index (χ1n) is 4.22. The van der Waals surface area contributed by atoms with E-state index >= 15 is 0 Å². The van der Waals surface area contributed by atoms with Crippen molar-refractivity contribution in [2.24, 2.45) is 5.73 Å². The topological polar surface area (TPSA) is 46.2 Å². The van der Waals surface area contributed by atoms with Gasteiger partial charge in [0, 0.05) is 4.47 Å². The van der Waals surface area contributed by atoms with Gasteiger partial charge in [-0.1, -0.05) is 28.1 Å². The molecule has 72 valence electrons. The fourth-order valence-electron chi connectivity index (χ4n) is 1.09. The van der Waals surface area contributed by atoms with Gasteiger partial charge in [0.25, 0.3) is 0 Å². The zero-order valence-corrected chi connectivity index (χ0v) is 9.38. The Hall–Kier alpha value is -0.380. The first-order chi connectivity index (χ1) is 6.02. The molecule has 0 aliphatic rings. The van der Waals surface area contributed by atoms with Crippen molar-refractivity contribution in [2.45, 2.75) is 26.0 Å². The molecule has 0 spiro atoms. The highest BCUT2D eigenvalue weighted by molar-refractivity contribution is 9.10. The summed E-state index contributed by atoms with van der Waals surface area (Å²) in [5.74, 6) is 0. The molecule has 1 rings (SSSR count). The van der Waals surface area contributed by atoms with E-state index in [1.165, 1.54) is 5.56 Å². The minimum absolute atomic E-state index is 0.308. The predicted molar refractivity (Wildman–Crippen MR) is 57.5 cm³/mol. The Kier molecular flexibility index (Phi) is 3.47. The van der Waals surface area contributed by atoms with Crippen LogP contribution in [0.2, 0.25) is 0 Å². The first kappa shape index (κ1) is 10.7. The maximum Gasteiger partial charge on any atom is 0.0704 e. The highest BCUT2D eigenvalue weighted by atomic mass is 79.9. The average molecular weight is 244 g/mol. The molecule has 0 radical (unpaired) electrons. The van der Waals surface area contributed by atoms with Crippen LogP contribution in [0.25, 0.3) is 0 Å². The van der Waals surface area contributed by atoms with Gasteiger partial charge < -0.3 is 10.8 Å². The minimum atomic E-state index is -0.519. The van der Waals surface area contributed by atoms with Crippen LogP contribution in [0.3, 0.4) is 0 Å². The molecule has 0 bridgehead atoms. The molecular weight excluding hydrogens is 230 g/mol. The van der Waals surface area contributed by atoms with Gasteiger partial charge in [-0.3, -0.25) is 0 Å². The normalized spacial score (nSPS) is 15.5. The zero-order valence-electron chi connectivity index (χ0n) is 7.79. The molecule has 0 heterocycles. The maximum atomic E-state index is 9.29. The van der Waals surface area contributed by atoms with Crippen LogP contribution in [0, 0.1) is 6.92 Å². The number of rotatable bonds is 2. The molecule has 1 unspecified atom stereocenters. The fourth-order valence-corrected chi connectivity index (χ4v) is 1.49. The summed E-state index contributed by atoms with van der Waals surface area (Å²) in [6, 6.07) is 5.57. The van der Waals surface area contributed by atoms with Gasteiger partial charge in [0.2, 0.25) is 0 Å². The Morgan fingerprint density at radius 1 is 1.46 bits per heavy atom. The molecule has 1 aromatic rings. The fraction of sp³-hybridized carbons (Fsp3) is 0.400. The lowest BCUT2D eigenvalue weighted by Gasteiger charge is -2.15. The molecule has 0 fully saturated rings. The van der Waals surface area contributed by atoms with Crippen molar-refractivity contribution in [1.29, 1.82) is 0 Å². The quantitative estimate of drug-likeness (QED) is 0.837. The minimum Gasteiger partial charge on any atom is -0.391 e. The number of hydrogen-bond donors (Lipinski definition) is 2. The third-order valence-corrected chi connectivity index (χ3v) is 2.95. The third-order valence-electron chi connectivity index (χ3n) is 2.10. The number of aliphatic hydroxyl groups is 1. The van der Waals surface area contributed by atoms with Crippen LogP contribution in [-0.2, 0) is 0 Å². The molecule has 0 aliphatic heterocycles. The Labute approximate surface area is 86.9 Å². The molecule has 13 heavy (non-hydrogen) atoms. The van der Waals surface area contributed by atoms with Gasteiger partial charge in [0.15, 0.2) is 0 Å². The lowest BCUT2D eigenvalue weighted by atomic mass is 10.0. The number of nitrogens with two attached hydrogens (primary N) is 1.